The number of halogens is 1. The van der Waals surface area contributed by atoms with E-state index in [0.29, 0.717) is 40.3 Å². The summed E-state index contributed by atoms with van der Waals surface area (Å²) in [7, 11) is 1.51. The van der Waals surface area contributed by atoms with Crippen LogP contribution in [0.25, 0.3) is 6.08 Å². The van der Waals surface area contributed by atoms with E-state index >= 15 is 0 Å². The fourth-order valence-corrected chi connectivity index (χ4v) is 2.95. The van der Waals surface area contributed by atoms with Crippen LogP contribution in [-0.4, -0.2) is 28.7 Å². The van der Waals surface area contributed by atoms with E-state index in [-0.39, 0.29) is 11.8 Å². The van der Waals surface area contributed by atoms with Crippen molar-refractivity contribution in [1.82, 2.24) is 9.78 Å². The summed E-state index contributed by atoms with van der Waals surface area (Å²) in [4.78, 5) is 23.6. The molecule has 1 heterocycles. The fourth-order valence-electron chi connectivity index (χ4n) is 2.64. The number of ether oxygens (including phenoxy) is 1. The van der Waals surface area contributed by atoms with Crippen molar-refractivity contribution >= 4 is 40.9 Å². The summed E-state index contributed by atoms with van der Waals surface area (Å²) in [6.07, 6.45) is 3.03. The zero-order valence-corrected chi connectivity index (χ0v) is 17.4. The summed E-state index contributed by atoms with van der Waals surface area (Å²) in [6.45, 7) is 8.13. The minimum absolute atomic E-state index is 0.203. The molecule has 0 spiro atoms. The molecular weight excluding hydrogens is 380 g/mol. The van der Waals surface area contributed by atoms with Crippen molar-refractivity contribution in [2.45, 2.75) is 34.2 Å². The Morgan fingerprint density at radius 3 is 2.64 bits per heavy atom. The summed E-state index contributed by atoms with van der Waals surface area (Å²) in [5, 5.41) is 10.3. The molecule has 0 atom stereocenters. The van der Waals surface area contributed by atoms with E-state index in [4.69, 9.17) is 16.3 Å². The van der Waals surface area contributed by atoms with Crippen molar-refractivity contribution in [3.63, 3.8) is 0 Å². The molecule has 0 unspecified atom stereocenters. The smallest absolute Gasteiger partial charge is 0.248 e. The molecule has 2 rings (SSSR count). The maximum atomic E-state index is 12.4. The third-order valence-electron chi connectivity index (χ3n) is 3.83. The number of hydrogen-bond acceptors (Lipinski definition) is 4. The second kappa shape index (κ2) is 9.41. The first kappa shape index (κ1) is 21.5. The molecule has 0 radical (unpaired) electrons. The van der Waals surface area contributed by atoms with Crippen molar-refractivity contribution in [2.24, 2.45) is 5.92 Å². The van der Waals surface area contributed by atoms with Gasteiger partial charge in [-0.3, -0.25) is 14.3 Å². The van der Waals surface area contributed by atoms with Gasteiger partial charge in [-0.15, -0.1) is 0 Å². The van der Waals surface area contributed by atoms with Crippen LogP contribution in [0.1, 0.15) is 32.0 Å². The number of carbonyl (C=O) groups excluding carboxylic acids is 2. The minimum atomic E-state index is -0.356. The van der Waals surface area contributed by atoms with Gasteiger partial charge in [0.15, 0.2) is 0 Å². The standard InChI is InChI=1S/C20H25ClN4O3/c1-12(2)11-25-20(21)16(13(3)24-25)7-9-19(27)23-17-10-15(22-14(4)26)6-8-18(17)28-5/h6-10,12H,11H2,1-5H3,(H,22,26)(H,23,27). The Balaban J connectivity index is 2.18. The number of aryl methyl sites for hydroxylation is 1. The molecule has 8 heteroatoms. The van der Waals surface area contributed by atoms with Gasteiger partial charge in [0.1, 0.15) is 10.9 Å². The number of hydrogen-bond donors (Lipinski definition) is 2. The van der Waals surface area contributed by atoms with Gasteiger partial charge in [0.25, 0.3) is 0 Å². The Hall–Kier alpha value is -2.80. The van der Waals surface area contributed by atoms with E-state index in [2.05, 4.69) is 29.6 Å². The zero-order chi connectivity index (χ0) is 20.8. The largest absolute Gasteiger partial charge is 0.495 e. The number of amides is 2. The molecule has 150 valence electrons. The molecule has 0 aliphatic rings. The van der Waals surface area contributed by atoms with Crippen LogP contribution >= 0.6 is 11.6 Å². The quantitative estimate of drug-likeness (QED) is 0.680. The van der Waals surface area contributed by atoms with Gasteiger partial charge in [0.2, 0.25) is 11.8 Å². The van der Waals surface area contributed by atoms with E-state index in [1.165, 1.54) is 20.1 Å². The van der Waals surface area contributed by atoms with Crippen LogP contribution in [0.3, 0.4) is 0 Å². The lowest BCUT2D eigenvalue weighted by atomic mass is 10.2. The highest BCUT2D eigenvalue weighted by atomic mass is 35.5. The highest BCUT2D eigenvalue weighted by Crippen LogP contribution is 2.28. The summed E-state index contributed by atoms with van der Waals surface area (Å²) >= 11 is 6.39. The maximum Gasteiger partial charge on any atom is 0.248 e. The molecule has 0 aliphatic carbocycles. The number of aromatic nitrogens is 2. The van der Waals surface area contributed by atoms with Crippen LogP contribution in [0.4, 0.5) is 11.4 Å². The van der Waals surface area contributed by atoms with Gasteiger partial charge in [0.05, 0.1) is 18.5 Å². The molecule has 1 aromatic heterocycles. The molecule has 0 saturated carbocycles. The van der Waals surface area contributed by atoms with Gasteiger partial charge in [-0.05, 0) is 37.1 Å². The Bertz CT molecular complexity index is 903. The predicted molar refractivity (Wildman–Crippen MR) is 112 cm³/mol. The molecule has 1 aromatic carbocycles. The number of anilines is 2. The molecule has 2 N–H and O–H groups in total. The van der Waals surface area contributed by atoms with Crippen LogP contribution in [0.15, 0.2) is 24.3 Å². The zero-order valence-electron chi connectivity index (χ0n) is 16.7. The first-order valence-electron chi connectivity index (χ1n) is 8.88. The molecular formula is C20H25ClN4O3. The molecule has 7 nitrogen and oxygen atoms in total. The van der Waals surface area contributed by atoms with Crippen LogP contribution in [-0.2, 0) is 16.1 Å². The number of rotatable bonds is 7. The van der Waals surface area contributed by atoms with Gasteiger partial charge in [0, 0.05) is 30.8 Å². The molecule has 0 saturated heterocycles. The first-order valence-corrected chi connectivity index (χ1v) is 9.26. The van der Waals surface area contributed by atoms with Crippen molar-refractivity contribution in [3.8, 4) is 5.75 Å². The van der Waals surface area contributed by atoms with Gasteiger partial charge in [-0.2, -0.15) is 5.10 Å². The number of methoxy groups -OCH3 is 1. The number of nitrogens with zero attached hydrogens (tertiary/aromatic N) is 2. The summed E-state index contributed by atoms with van der Waals surface area (Å²) in [5.41, 5.74) is 2.46. The normalized spacial score (nSPS) is 11.1. The summed E-state index contributed by atoms with van der Waals surface area (Å²) < 4.78 is 7.00. The monoisotopic (exact) mass is 404 g/mol. The number of carbonyl (C=O) groups is 2. The highest BCUT2D eigenvalue weighted by Gasteiger charge is 2.13. The van der Waals surface area contributed by atoms with E-state index in [1.54, 1.807) is 29.0 Å². The molecule has 2 amide bonds. The maximum absolute atomic E-state index is 12.4. The SMILES string of the molecule is COc1ccc(NC(C)=O)cc1NC(=O)C=Cc1c(C)nn(CC(C)C)c1Cl. The Kier molecular flexibility index (Phi) is 7.23. The Morgan fingerprint density at radius 2 is 2.04 bits per heavy atom. The summed E-state index contributed by atoms with van der Waals surface area (Å²) in [5.74, 6) is 0.325. The predicted octanol–water partition coefficient (Wildman–Crippen LogP) is 4.12. The second-order valence-electron chi connectivity index (χ2n) is 6.78. The molecule has 0 bridgehead atoms. The van der Waals surface area contributed by atoms with Gasteiger partial charge >= 0.3 is 0 Å². The van der Waals surface area contributed by atoms with Gasteiger partial charge in [-0.25, -0.2) is 0 Å². The van der Waals surface area contributed by atoms with E-state index < -0.39 is 0 Å². The summed E-state index contributed by atoms with van der Waals surface area (Å²) in [6, 6.07) is 4.99. The van der Waals surface area contributed by atoms with E-state index in [1.807, 2.05) is 6.92 Å². The minimum Gasteiger partial charge on any atom is -0.495 e. The molecule has 28 heavy (non-hydrogen) atoms. The lowest BCUT2D eigenvalue weighted by Gasteiger charge is -2.11. The highest BCUT2D eigenvalue weighted by molar-refractivity contribution is 6.31. The fraction of sp³-hybridized carbons (Fsp3) is 0.350. The van der Waals surface area contributed by atoms with Crippen molar-refractivity contribution in [3.05, 3.63) is 40.7 Å². The van der Waals surface area contributed by atoms with Crippen LogP contribution in [0.2, 0.25) is 5.15 Å². The lowest BCUT2D eigenvalue weighted by Crippen LogP contribution is -2.11. The number of benzene rings is 1. The molecule has 2 aromatic rings. The number of nitrogens with one attached hydrogen (secondary N) is 2. The van der Waals surface area contributed by atoms with E-state index in [0.717, 1.165) is 5.69 Å². The van der Waals surface area contributed by atoms with Crippen molar-refractivity contribution in [1.29, 1.82) is 0 Å². The van der Waals surface area contributed by atoms with Crippen LogP contribution < -0.4 is 15.4 Å². The second-order valence-corrected chi connectivity index (χ2v) is 7.14. The average Bonchev–Trinajstić information content (AvgIpc) is 2.85. The Labute approximate surface area is 169 Å². The first-order chi connectivity index (χ1) is 13.2. The Morgan fingerprint density at radius 1 is 1.32 bits per heavy atom. The van der Waals surface area contributed by atoms with Gasteiger partial charge in [-0.1, -0.05) is 25.4 Å². The van der Waals surface area contributed by atoms with E-state index in [9.17, 15) is 9.59 Å². The van der Waals surface area contributed by atoms with Gasteiger partial charge < -0.3 is 15.4 Å². The van der Waals surface area contributed by atoms with Crippen molar-refractivity contribution < 1.29 is 14.3 Å². The molecule has 0 aliphatic heterocycles. The third kappa shape index (κ3) is 5.60. The third-order valence-corrected chi connectivity index (χ3v) is 4.23. The van der Waals surface area contributed by atoms with Crippen molar-refractivity contribution in [2.75, 3.05) is 17.7 Å². The topological polar surface area (TPSA) is 85.2 Å². The average molecular weight is 405 g/mol. The van der Waals surface area contributed by atoms with Crippen LogP contribution in [0, 0.1) is 12.8 Å². The lowest BCUT2D eigenvalue weighted by molar-refractivity contribution is -0.114. The molecule has 0 fully saturated rings. The van der Waals surface area contributed by atoms with Crippen LogP contribution in [0.5, 0.6) is 5.75 Å².